The molecule has 0 fully saturated rings. The fourth-order valence-corrected chi connectivity index (χ4v) is 3.36. The zero-order valence-corrected chi connectivity index (χ0v) is 19.5. The molecule has 0 bridgehead atoms. The quantitative estimate of drug-likeness (QED) is 0.369. The van der Waals surface area contributed by atoms with Gasteiger partial charge < -0.3 is 21.4 Å². The van der Waals surface area contributed by atoms with Crippen LogP contribution in [0.15, 0.2) is 83.3 Å². The maximum atomic E-state index is 11.6. The topological polar surface area (TPSA) is 34.1 Å². The average molecular weight is 517 g/mol. The van der Waals surface area contributed by atoms with E-state index in [4.69, 9.17) is 4.42 Å². The van der Waals surface area contributed by atoms with Crippen molar-refractivity contribution >= 4 is 33.9 Å². The van der Waals surface area contributed by atoms with Gasteiger partial charge in [0.15, 0.2) is 6.54 Å². The van der Waals surface area contributed by atoms with Crippen molar-refractivity contribution in [2.24, 2.45) is 0 Å². The average Bonchev–Trinajstić information content (AvgIpc) is 3.04. The zero-order chi connectivity index (χ0) is 18.6. The molecule has 0 spiro atoms. The summed E-state index contributed by atoms with van der Waals surface area (Å²) in [4.78, 5) is 11.6. The van der Waals surface area contributed by atoms with Gasteiger partial charge in [0.05, 0.1) is 12.8 Å². The molecule has 0 saturated heterocycles. The molecule has 4 rings (SSSR count). The monoisotopic (exact) mass is 515 g/mol. The summed E-state index contributed by atoms with van der Waals surface area (Å²) in [5.74, 6) is 1.06. The van der Waals surface area contributed by atoms with E-state index < -0.39 is 0 Å². The van der Waals surface area contributed by atoms with E-state index in [1.165, 1.54) is 11.1 Å². The smallest absolute Gasteiger partial charge is 0.352 e. The lowest BCUT2D eigenvalue weighted by atomic mass is 10.1. The number of fused-ring (bicyclic) bond motifs is 1. The predicted octanol–water partition coefficient (Wildman–Crippen LogP) is 2.54. The first-order chi connectivity index (χ1) is 13.2. The molecule has 0 atom stereocenters. The van der Waals surface area contributed by atoms with Crippen molar-refractivity contribution in [3.8, 4) is 11.1 Å². The highest BCUT2D eigenvalue weighted by molar-refractivity contribution is 8.93. The van der Waals surface area contributed by atoms with Gasteiger partial charge in [0.1, 0.15) is 5.78 Å². The Hall–Kier alpha value is -2.24. The van der Waals surface area contributed by atoms with Crippen LogP contribution < -0.4 is 21.5 Å². The molecule has 0 radical (unpaired) electrons. The number of aryl methyl sites for hydroxylation is 1. The number of oxazole rings is 1. The number of hydrogen-bond donors (Lipinski definition) is 0. The number of carbonyl (C=O) groups excluding carboxylic acids is 1. The molecular formula is C24H23Br2NO2. The highest BCUT2D eigenvalue weighted by Gasteiger charge is 2.23. The summed E-state index contributed by atoms with van der Waals surface area (Å²) < 4.78 is 8.33. The van der Waals surface area contributed by atoms with Gasteiger partial charge in [0, 0.05) is 6.07 Å². The number of Topliss-reactive ketones (excluding diaryl/α,β-unsaturated/α-hetero) is 1. The third-order valence-electron chi connectivity index (χ3n) is 4.77. The molecular weight excluding hydrogens is 494 g/mol. The molecule has 29 heavy (non-hydrogen) atoms. The lowest BCUT2D eigenvalue weighted by molar-refractivity contribution is -0.682. The molecule has 0 aliphatic rings. The first-order valence-electron chi connectivity index (χ1n) is 9.25. The van der Waals surface area contributed by atoms with Crippen LogP contribution in [0.4, 0.5) is 0 Å². The fraction of sp³-hybridized carbons (Fsp3) is 0.167. The second kappa shape index (κ2) is 10.5. The maximum absolute atomic E-state index is 11.6. The van der Waals surface area contributed by atoms with Crippen LogP contribution >= 0.6 is 17.0 Å². The van der Waals surface area contributed by atoms with Crippen molar-refractivity contribution in [1.82, 2.24) is 0 Å². The first-order valence-corrected chi connectivity index (χ1v) is 9.25. The summed E-state index contributed by atoms with van der Waals surface area (Å²) >= 11 is 0. The normalized spacial score (nSPS) is 10.2. The largest absolute Gasteiger partial charge is 1.00 e. The highest BCUT2D eigenvalue weighted by Crippen LogP contribution is 2.25. The van der Waals surface area contributed by atoms with Gasteiger partial charge >= 0.3 is 5.89 Å². The van der Waals surface area contributed by atoms with Gasteiger partial charge in [0.2, 0.25) is 5.58 Å². The second-order valence-corrected chi connectivity index (χ2v) is 6.81. The summed E-state index contributed by atoms with van der Waals surface area (Å²) in [5.41, 5.74) is 5.39. The van der Waals surface area contributed by atoms with Crippen molar-refractivity contribution in [3.05, 3.63) is 90.3 Å². The van der Waals surface area contributed by atoms with Crippen LogP contribution in [0, 0.1) is 0 Å². The Labute approximate surface area is 191 Å². The Balaban J connectivity index is 0.00000150. The van der Waals surface area contributed by atoms with E-state index in [0.29, 0.717) is 19.4 Å². The van der Waals surface area contributed by atoms with Gasteiger partial charge in [-0.15, -0.1) is 17.0 Å². The van der Waals surface area contributed by atoms with Crippen molar-refractivity contribution in [1.29, 1.82) is 0 Å². The van der Waals surface area contributed by atoms with Crippen LogP contribution in [0.1, 0.15) is 24.8 Å². The second-order valence-electron chi connectivity index (χ2n) is 6.81. The molecule has 0 aliphatic heterocycles. The third kappa shape index (κ3) is 5.43. The number of nitrogens with zero attached hydrogens (tertiary/aromatic N) is 1. The molecule has 150 valence electrons. The van der Waals surface area contributed by atoms with E-state index in [1.54, 1.807) is 6.92 Å². The number of aromatic nitrogens is 1. The number of halogens is 2. The number of hydrogen-bond acceptors (Lipinski definition) is 2. The molecule has 1 heterocycles. The number of benzene rings is 3. The standard InChI is InChI=1S/C24H22NO2.2BrH/c1-18(26)14-15-25-22-17-21(20-10-6-3-7-11-20)12-13-23(22)27-24(25)16-19-8-4-2-5-9-19;;/h2-13,17H,14-16H2,1H3;2*1H/q+1;;/p-1. The Kier molecular flexibility index (Phi) is 8.35. The Morgan fingerprint density at radius 3 is 2.21 bits per heavy atom. The molecule has 0 amide bonds. The molecule has 0 saturated carbocycles. The molecule has 5 heteroatoms. The summed E-state index contributed by atoms with van der Waals surface area (Å²) in [5, 5.41) is 0. The third-order valence-corrected chi connectivity index (χ3v) is 4.77. The lowest BCUT2D eigenvalue weighted by Crippen LogP contribution is -3.00. The molecule has 3 aromatic carbocycles. The minimum absolute atomic E-state index is 0. The van der Waals surface area contributed by atoms with Crippen LogP contribution in [0.25, 0.3) is 22.2 Å². The molecule has 0 N–H and O–H groups in total. The van der Waals surface area contributed by atoms with Crippen LogP contribution in [0.2, 0.25) is 0 Å². The van der Waals surface area contributed by atoms with E-state index in [1.807, 2.05) is 42.5 Å². The summed E-state index contributed by atoms with van der Waals surface area (Å²) in [6, 6.07) is 26.8. The van der Waals surface area contributed by atoms with Crippen molar-refractivity contribution in [3.63, 3.8) is 0 Å². The van der Waals surface area contributed by atoms with Gasteiger partial charge in [-0.1, -0.05) is 66.7 Å². The fourth-order valence-electron chi connectivity index (χ4n) is 3.36. The summed E-state index contributed by atoms with van der Waals surface area (Å²) in [6.07, 6.45) is 1.20. The van der Waals surface area contributed by atoms with Crippen LogP contribution in [0.3, 0.4) is 0 Å². The highest BCUT2D eigenvalue weighted by atomic mass is 79.9. The molecule has 3 nitrogen and oxygen atoms in total. The van der Waals surface area contributed by atoms with E-state index in [-0.39, 0.29) is 39.7 Å². The zero-order valence-electron chi connectivity index (χ0n) is 16.2. The number of carbonyl (C=O) groups is 1. The summed E-state index contributed by atoms with van der Waals surface area (Å²) in [6.45, 7) is 2.26. The van der Waals surface area contributed by atoms with Crippen molar-refractivity contribution in [2.75, 3.05) is 0 Å². The number of ketones is 1. The van der Waals surface area contributed by atoms with Gasteiger partial charge in [0.25, 0.3) is 5.52 Å². The Bertz CT molecular complexity index is 1080. The number of rotatable bonds is 6. The first kappa shape index (κ1) is 23.0. The Morgan fingerprint density at radius 1 is 0.897 bits per heavy atom. The molecule has 1 aromatic heterocycles. The van der Waals surface area contributed by atoms with E-state index in [0.717, 1.165) is 22.6 Å². The van der Waals surface area contributed by atoms with Crippen LogP contribution in [0.5, 0.6) is 0 Å². The molecule has 4 aromatic rings. The van der Waals surface area contributed by atoms with Gasteiger partial charge in [-0.2, -0.15) is 4.57 Å². The minimum atomic E-state index is 0. The van der Waals surface area contributed by atoms with E-state index in [2.05, 4.69) is 41.0 Å². The predicted molar refractivity (Wildman–Crippen MR) is 117 cm³/mol. The SMILES string of the molecule is Br.CC(=O)CC[n+]1c(Cc2ccccc2)oc2ccc(-c3ccccc3)cc21.[Br-]. The lowest BCUT2D eigenvalue weighted by Gasteiger charge is -2.00. The van der Waals surface area contributed by atoms with E-state index in [9.17, 15) is 4.79 Å². The van der Waals surface area contributed by atoms with E-state index >= 15 is 0 Å². The van der Waals surface area contributed by atoms with Crippen LogP contribution in [-0.4, -0.2) is 5.78 Å². The maximum Gasteiger partial charge on any atom is 0.352 e. The minimum Gasteiger partial charge on any atom is -1.00 e. The van der Waals surface area contributed by atoms with Crippen molar-refractivity contribution < 1.29 is 30.8 Å². The van der Waals surface area contributed by atoms with Gasteiger partial charge in [-0.25, -0.2) is 0 Å². The molecule has 0 unspecified atom stereocenters. The van der Waals surface area contributed by atoms with Gasteiger partial charge in [-0.05, 0) is 29.7 Å². The summed E-state index contributed by atoms with van der Waals surface area (Å²) in [7, 11) is 0. The van der Waals surface area contributed by atoms with Crippen LogP contribution in [-0.2, 0) is 17.8 Å². The molecule has 0 aliphatic carbocycles. The van der Waals surface area contributed by atoms with Crippen molar-refractivity contribution in [2.45, 2.75) is 26.3 Å². The Morgan fingerprint density at radius 2 is 1.55 bits per heavy atom. The van der Waals surface area contributed by atoms with Gasteiger partial charge in [-0.3, -0.25) is 4.79 Å².